The molecule has 0 aliphatic carbocycles. The van der Waals surface area contributed by atoms with Crippen molar-refractivity contribution in [3.8, 4) is 0 Å². The van der Waals surface area contributed by atoms with Crippen LogP contribution in [-0.2, 0) is 4.79 Å². The number of amides is 1. The number of rotatable bonds is 10. The van der Waals surface area contributed by atoms with Gasteiger partial charge in [0.2, 0.25) is 5.91 Å². The minimum absolute atomic E-state index is 0.200. The maximum atomic E-state index is 12.0. The Morgan fingerprint density at radius 1 is 1.17 bits per heavy atom. The van der Waals surface area contributed by atoms with Gasteiger partial charge >= 0.3 is 0 Å². The second-order valence-corrected chi connectivity index (χ2v) is 6.58. The van der Waals surface area contributed by atoms with Crippen LogP contribution in [0.5, 0.6) is 0 Å². The smallest absolute Gasteiger partial charge is 0.224 e. The molecule has 1 unspecified atom stereocenters. The van der Waals surface area contributed by atoms with Crippen molar-refractivity contribution < 1.29 is 4.79 Å². The Balaban J connectivity index is 2.34. The highest BCUT2D eigenvalue weighted by Gasteiger charge is 2.14. The first kappa shape index (κ1) is 20.7. The van der Waals surface area contributed by atoms with E-state index in [9.17, 15) is 4.79 Å². The molecule has 24 heavy (non-hydrogen) atoms. The van der Waals surface area contributed by atoms with Gasteiger partial charge in [-0.15, -0.1) is 0 Å². The molecule has 1 rings (SSSR count). The fourth-order valence-corrected chi connectivity index (χ4v) is 3.07. The third-order valence-corrected chi connectivity index (χ3v) is 4.42. The molecule has 6 nitrogen and oxygen atoms in total. The summed E-state index contributed by atoms with van der Waals surface area (Å²) in [5.74, 6) is 1.57. The van der Waals surface area contributed by atoms with E-state index in [4.69, 9.17) is 0 Å². The van der Waals surface area contributed by atoms with Crippen molar-refractivity contribution >= 4 is 11.9 Å². The minimum Gasteiger partial charge on any atom is -0.357 e. The molecule has 1 heterocycles. The molecule has 1 fully saturated rings. The van der Waals surface area contributed by atoms with Crippen molar-refractivity contribution in [2.24, 2.45) is 10.9 Å². The lowest BCUT2D eigenvalue weighted by molar-refractivity contribution is -0.130. The van der Waals surface area contributed by atoms with Crippen LogP contribution in [0.2, 0.25) is 0 Å². The van der Waals surface area contributed by atoms with Gasteiger partial charge in [0, 0.05) is 45.7 Å². The lowest BCUT2D eigenvalue weighted by Gasteiger charge is -2.20. The fraction of sp³-hybridized carbons (Fsp3) is 0.889. The van der Waals surface area contributed by atoms with Gasteiger partial charge in [-0.1, -0.05) is 6.92 Å². The zero-order valence-corrected chi connectivity index (χ0v) is 16.1. The Hall–Kier alpha value is -1.30. The number of nitrogens with zero attached hydrogens (tertiary/aromatic N) is 3. The average Bonchev–Trinajstić information content (AvgIpc) is 3.06. The third-order valence-electron chi connectivity index (χ3n) is 4.42. The maximum Gasteiger partial charge on any atom is 0.224 e. The van der Waals surface area contributed by atoms with Gasteiger partial charge in [0.05, 0.1) is 0 Å². The summed E-state index contributed by atoms with van der Waals surface area (Å²) in [5, 5.41) is 6.54. The Morgan fingerprint density at radius 3 is 2.42 bits per heavy atom. The number of carbonyl (C=O) groups is 1. The molecule has 0 spiro atoms. The van der Waals surface area contributed by atoms with E-state index >= 15 is 0 Å². The number of aliphatic imine (C=N–C) groups is 1. The van der Waals surface area contributed by atoms with Crippen LogP contribution in [-0.4, -0.2) is 74.0 Å². The third kappa shape index (κ3) is 7.99. The molecule has 2 N–H and O–H groups in total. The van der Waals surface area contributed by atoms with E-state index in [0.29, 0.717) is 18.9 Å². The first-order valence-corrected chi connectivity index (χ1v) is 9.62. The van der Waals surface area contributed by atoms with Crippen LogP contribution >= 0.6 is 0 Å². The molecule has 0 aromatic heterocycles. The van der Waals surface area contributed by atoms with E-state index in [0.717, 1.165) is 38.7 Å². The molecule has 1 aliphatic rings. The number of carbonyl (C=O) groups excluding carboxylic acids is 1. The Labute approximate surface area is 148 Å². The van der Waals surface area contributed by atoms with Gasteiger partial charge in [-0.3, -0.25) is 9.79 Å². The number of nitrogens with one attached hydrogen (secondary N) is 2. The van der Waals surface area contributed by atoms with Gasteiger partial charge in [0.1, 0.15) is 0 Å². The van der Waals surface area contributed by atoms with Gasteiger partial charge in [-0.25, -0.2) is 0 Å². The summed E-state index contributed by atoms with van der Waals surface area (Å²) in [7, 11) is 0. The lowest BCUT2D eigenvalue weighted by atomic mass is 10.2. The van der Waals surface area contributed by atoms with Gasteiger partial charge < -0.3 is 20.4 Å². The van der Waals surface area contributed by atoms with E-state index in [1.807, 2.05) is 18.7 Å². The van der Waals surface area contributed by atoms with Gasteiger partial charge in [-0.2, -0.15) is 0 Å². The molecule has 6 heteroatoms. The van der Waals surface area contributed by atoms with Crippen LogP contribution < -0.4 is 10.6 Å². The average molecular weight is 340 g/mol. The standard InChI is InChI=1S/C18H37N5O/c1-5-19-18(20-11-10-17(24)23(6-2)7-3)21-14-16(4)15-22-12-8-9-13-22/h16H,5-15H2,1-4H3,(H2,19,20,21). The monoisotopic (exact) mass is 339 g/mol. The second-order valence-electron chi connectivity index (χ2n) is 6.58. The topological polar surface area (TPSA) is 60.0 Å². The van der Waals surface area contributed by atoms with Gasteiger partial charge in [0.25, 0.3) is 0 Å². The Morgan fingerprint density at radius 2 is 1.83 bits per heavy atom. The predicted molar refractivity (Wildman–Crippen MR) is 101 cm³/mol. The highest BCUT2D eigenvalue weighted by Crippen LogP contribution is 2.10. The zero-order valence-electron chi connectivity index (χ0n) is 16.1. The molecule has 1 aliphatic heterocycles. The molecular formula is C18H37N5O. The van der Waals surface area contributed by atoms with Crippen molar-refractivity contribution in [2.45, 2.75) is 47.0 Å². The molecule has 1 amide bonds. The molecule has 1 saturated heterocycles. The van der Waals surface area contributed by atoms with E-state index in [-0.39, 0.29) is 5.91 Å². The second kappa shape index (κ2) is 12.1. The first-order valence-electron chi connectivity index (χ1n) is 9.62. The van der Waals surface area contributed by atoms with Crippen molar-refractivity contribution in [3.63, 3.8) is 0 Å². The van der Waals surface area contributed by atoms with E-state index in [1.165, 1.54) is 25.9 Å². The van der Waals surface area contributed by atoms with Crippen molar-refractivity contribution in [1.82, 2.24) is 20.4 Å². The molecule has 0 aromatic carbocycles. The number of hydrogen-bond acceptors (Lipinski definition) is 3. The highest BCUT2D eigenvalue weighted by atomic mass is 16.2. The van der Waals surface area contributed by atoms with Crippen LogP contribution in [0.15, 0.2) is 4.99 Å². The molecule has 0 radical (unpaired) electrons. The van der Waals surface area contributed by atoms with Gasteiger partial charge in [0.15, 0.2) is 5.96 Å². The minimum atomic E-state index is 0.200. The van der Waals surface area contributed by atoms with Gasteiger partial charge in [-0.05, 0) is 52.6 Å². The molecule has 0 aromatic rings. The summed E-state index contributed by atoms with van der Waals surface area (Å²) in [6, 6.07) is 0. The Kier molecular flexibility index (Phi) is 10.5. The van der Waals surface area contributed by atoms with Crippen LogP contribution in [0.1, 0.15) is 47.0 Å². The summed E-state index contributed by atoms with van der Waals surface area (Å²) < 4.78 is 0. The largest absolute Gasteiger partial charge is 0.357 e. The number of hydrogen-bond donors (Lipinski definition) is 2. The first-order chi connectivity index (χ1) is 11.6. The lowest BCUT2D eigenvalue weighted by Crippen LogP contribution is -2.40. The molecule has 0 saturated carbocycles. The van der Waals surface area contributed by atoms with Crippen LogP contribution in [0.3, 0.4) is 0 Å². The molecule has 0 bridgehead atoms. The summed E-state index contributed by atoms with van der Waals surface area (Å²) >= 11 is 0. The molecule has 1 atom stereocenters. The fourth-order valence-electron chi connectivity index (χ4n) is 3.07. The Bertz CT molecular complexity index is 376. The van der Waals surface area contributed by atoms with E-state index in [2.05, 4.69) is 34.4 Å². The van der Waals surface area contributed by atoms with E-state index < -0.39 is 0 Å². The summed E-state index contributed by atoms with van der Waals surface area (Å²) in [6.07, 6.45) is 3.18. The van der Waals surface area contributed by atoms with E-state index in [1.54, 1.807) is 0 Å². The van der Waals surface area contributed by atoms with Crippen LogP contribution in [0.25, 0.3) is 0 Å². The predicted octanol–water partition coefficient (Wildman–Crippen LogP) is 1.53. The zero-order chi connectivity index (χ0) is 17.8. The normalized spacial score (nSPS) is 16.9. The van der Waals surface area contributed by atoms with Crippen molar-refractivity contribution in [3.05, 3.63) is 0 Å². The van der Waals surface area contributed by atoms with Crippen LogP contribution in [0, 0.1) is 5.92 Å². The summed E-state index contributed by atoms with van der Waals surface area (Å²) in [5.41, 5.74) is 0. The summed E-state index contributed by atoms with van der Waals surface area (Å²) in [4.78, 5) is 21.1. The molecular weight excluding hydrogens is 302 g/mol. The quantitative estimate of drug-likeness (QED) is 0.468. The number of guanidine groups is 1. The van der Waals surface area contributed by atoms with Crippen molar-refractivity contribution in [1.29, 1.82) is 0 Å². The highest BCUT2D eigenvalue weighted by molar-refractivity contribution is 5.81. The summed E-state index contributed by atoms with van der Waals surface area (Å²) in [6.45, 7) is 15.8. The van der Waals surface area contributed by atoms with Crippen LogP contribution in [0.4, 0.5) is 0 Å². The SMILES string of the molecule is CCNC(=NCC(C)CN1CCCC1)NCCC(=O)N(CC)CC. The molecule has 140 valence electrons. The number of likely N-dealkylation sites (tertiary alicyclic amines) is 1. The van der Waals surface area contributed by atoms with Crippen molar-refractivity contribution in [2.75, 3.05) is 52.4 Å². The maximum absolute atomic E-state index is 12.0.